The highest BCUT2D eigenvalue weighted by atomic mass is 32.2. The molecule has 25 heteroatoms. The third-order valence-electron chi connectivity index (χ3n) is 6.98. The zero-order chi connectivity index (χ0) is 42.3. The molecule has 1 heterocycles. The Balaban J connectivity index is 0.000000322. The van der Waals surface area contributed by atoms with Crippen LogP contribution in [0, 0.1) is 0 Å². The highest BCUT2D eigenvalue weighted by Gasteiger charge is 2.45. The van der Waals surface area contributed by atoms with Crippen molar-refractivity contribution in [3.05, 3.63) is 100 Å². The second kappa shape index (κ2) is 15.0. The van der Waals surface area contributed by atoms with Crippen LogP contribution in [0.5, 0.6) is 0 Å². The summed E-state index contributed by atoms with van der Waals surface area (Å²) in [6.07, 6.45) is -31.9. The number of halogens is 18. The van der Waals surface area contributed by atoms with Gasteiger partial charge in [-0.1, -0.05) is 6.08 Å². The molecule has 1 atom stereocenters. The van der Waals surface area contributed by atoms with E-state index in [4.69, 9.17) is 5.14 Å². The van der Waals surface area contributed by atoms with E-state index in [0.29, 0.717) is 17.1 Å². The van der Waals surface area contributed by atoms with Crippen LogP contribution in [0.1, 0.15) is 45.8 Å². The number of benzene rings is 3. The standard InChI is InChI=1S/C18H12F9N3O2S.C12H5F9O/c19-16(20,21)10-5-9(6-11(7-10)17(22,23)24)14-8-15(18(25,26)27)29-30(14)12-1-3-13(4-2-12)33(28,31)32;13-10(14,15)7-3-6(1-2-9(22)12(19,20)21)4-8(5-7)11(16,17)18/h1-7,14H,8H2,(H2,28,31,32);1-5H/b;2-1+. The smallest absolute Gasteiger partial charge is 0.285 e. The summed E-state index contributed by atoms with van der Waals surface area (Å²) in [7, 11) is -4.17. The Hall–Kier alpha value is -4.81. The van der Waals surface area contributed by atoms with Crippen LogP contribution in [0.25, 0.3) is 6.08 Å². The summed E-state index contributed by atoms with van der Waals surface area (Å²) >= 11 is 0. The van der Waals surface area contributed by atoms with Gasteiger partial charge in [-0.25, -0.2) is 13.6 Å². The lowest BCUT2D eigenvalue weighted by Crippen LogP contribution is -2.22. The van der Waals surface area contributed by atoms with Gasteiger partial charge in [-0.3, -0.25) is 9.80 Å². The van der Waals surface area contributed by atoms with Gasteiger partial charge in [-0.2, -0.15) is 84.1 Å². The first-order valence-corrected chi connectivity index (χ1v) is 15.6. The summed E-state index contributed by atoms with van der Waals surface area (Å²) < 4.78 is 253. The molecule has 4 rings (SSSR count). The Bertz CT molecular complexity index is 1990. The first kappa shape index (κ1) is 44.6. The molecule has 0 bridgehead atoms. The fraction of sp³-hybridized carbons (Fsp3) is 0.267. The Morgan fingerprint density at radius 3 is 1.38 bits per heavy atom. The number of allylic oxidation sites excluding steroid dienone is 1. The zero-order valence-electron chi connectivity index (χ0n) is 26.1. The van der Waals surface area contributed by atoms with Gasteiger partial charge in [-0.15, -0.1) is 0 Å². The summed E-state index contributed by atoms with van der Waals surface area (Å²) in [5, 5.41) is 8.88. The molecule has 1 aliphatic heterocycles. The number of nitrogens with zero attached hydrogens (tertiary/aromatic N) is 2. The molecule has 0 spiro atoms. The van der Waals surface area contributed by atoms with E-state index in [1.165, 1.54) is 0 Å². The van der Waals surface area contributed by atoms with Gasteiger partial charge in [0.25, 0.3) is 5.78 Å². The Morgan fingerprint density at radius 1 is 0.636 bits per heavy atom. The third-order valence-corrected chi connectivity index (χ3v) is 7.91. The predicted octanol–water partition coefficient (Wildman–Crippen LogP) is 10.1. The molecule has 0 aliphatic carbocycles. The molecule has 0 saturated heterocycles. The van der Waals surface area contributed by atoms with Crippen molar-refractivity contribution in [3.63, 3.8) is 0 Å². The lowest BCUT2D eigenvalue weighted by Gasteiger charge is -2.25. The average Bonchev–Trinajstić information content (AvgIpc) is 3.48. The van der Waals surface area contributed by atoms with E-state index in [1.54, 1.807) is 0 Å². The van der Waals surface area contributed by atoms with E-state index in [0.717, 1.165) is 24.3 Å². The van der Waals surface area contributed by atoms with E-state index in [-0.39, 0.29) is 42.1 Å². The molecule has 1 aliphatic rings. The fourth-order valence-electron chi connectivity index (χ4n) is 4.48. The van der Waals surface area contributed by atoms with Crippen LogP contribution in [0.3, 0.4) is 0 Å². The van der Waals surface area contributed by atoms with Crippen LogP contribution < -0.4 is 10.1 Å². The maximum atomic E-state index is 13.3. The molecular weight excluding hydrogens is 824 g/mol. The molecule has 3 aromatic rings. The van der Waals surface area contributed by atoms with Crippen molar-refractivity contribution in [1.82, 2.24) is 0 Å². The summed E-state index contributed by atoms with van der Waals surface area (Å²) in [5.74, 6) is -2.40. The Labute approximate surface area is 295 Å². The van der Waals surface area contributed by atoms with Gasteiger partial charge in [0.05, 0.1) is 38.9 Å². The van der Waals surface area contributed by atoms with Gasteiger partial charge in [0, 0.05) is 6.42 Å². The molecule has 302 valence electrons. The van der Waals surface area contributed by atoms with Gasteiger partial charge < -0.3 is 0 Å². The maximum Gasteiger partial charge on any atom is 0.454 e. The fourth-order valence-corrected chi connectivity index (χ4v) is 5.00. The number of alkyl halides is 18. The van der Waals surface area contributed by atoms with Crippen LogP contribution in [0.2, 0.25) is 0 Å². The first-order chi connectivity index (χ1) is 24.6. The molecule has 0 amide bonds. The van der Waals surface area contributed by atoms with Gasteiger partial charge >= 0.3 is 37.1 Å². The van der Waals surface area contributed by atoms with Crippen molar-refractivity contribution in [2.45, 2.75) is 54.4 Å². The minimum Gasteiger partial charge on any atom is -0.285 e. The summed E-state index contributed by atoms with van der Waals surface area (Å²) in [4.78, 5) is 10.1. The van der Waals surface area contributed by atoms with Crippen molar-refractivity contribution in [2.24, 2.45) is 10.2 Å². The quantitative estimate of drug-likeness (QED) is 0.205. The molecule has 0 saturated carbocycles. The molecule has 0 aromatic heterocycles. The number of rotatable bonds is 5. The van der Waals surface area contributed by atoms with Crippen molar-refractivity contribution in [2.75, 3.05) is 5.01 Å². The number of anilines is 1. The maximum absolute atomic E-state index is 13.3. The summed E-state index contributed by atoms with van der Waals surface area (Å²) in [5.41, 5.74) is -9.97. The van der Waals surface area contributed by atoms with E-state index in [1.807, 2.05) is 0 Å². The number of ketones is 1. The van der Waals surface area contributed by atoms with Crippen LogP contribution in [0.15, 0.2) is 76.7 Å². The number of hydrazone groups is 1. The number of primary sulfonamides is 1. The Kier molecular flexibility index (Phi) is 12.2. The largest absolute Gasteiger partial charge is 0.454 e. The highest BCUT2D eigenvalue weighted by molar-refractivity contribution is 7.89. The number of carbonyl (C=O) groups is 1. The topological polar surface area (TPSA) is 92.8 Å². The van der Waals surface area contributed by atoms with Crippen molar-refractivity contribution < 1.29 is 92.2 Å². The lowest BCUT2D eigenvalue weighted by atomic mass is 9.96. The van der Waals surface area contributed by atoms with Crippen molar-refractivity contribution in [1.29, 1.82) is 0 Å². The number of sulfonamides is 1. The molecule has 55 heavy (non-hydrogen) atoms. The van der Waals surface area contributed by atoms with Gasteiger partial charge in [0.15, 0.2) is 0 Å². The second-order valence-electron chi connectivity index (χ2n) is 11.0. The lowest BCUT2D eigenvalue weighted by molar-refractivity contribution is -0.165. The van der Waals surface area contributed by atoms with E-state index >= 15 is 0 Å². The summed E-state index contributed by atoms with van der Waals surface area (Å²) in [6, 6.07) is 2.82. The predicted molar refractivity (Wildman–Crippen MR) is 154 cm³/mol. The molecular formula is C30H17F18N3O3S. The van der Waals surface area contributed by atoms with Gasteiger partial charge in [0.1, 0.15) is 5.71 Å². The summed E-state index contributed by atoms with van der Waals surface area (Å²) in [6.45, 7) is 0. The number of nitrogens with two attached hydrogens (primary N) is 1. The normalized spacial score (nSPS) is 16.2. The number of hydrogen-bond acceptors (Lipinski definition) is 5. The molecule has 2 N–H and O–H groups in total. The van der Waals surface area contributed by atoms with Crippen LogP contribution >= 0.6 is 0 Å². The van der Waals surface area contributed by atoms with E-state index in [2.05, 4.69) is 5.10 Å². The van der Waals surface area contributed by atoms with Crippen LogP contribution in [0.4, 0.5) is 84.7 Å². The molecule has 0 radical (unpaired) electrons. The van der Waals surface area contributed by atoms with Gasteiger partial charge in [-0.05, 0) is 77.9 Å². The monoisotopic (exact) mass is 841 g/mol. The highest BCUT2D eigenvalue weighted by Crippen LogP contribution is 2.44. The zero-order valence-corrected chi connectivity index (χ0v) is 26.9. The Morgan fingerprint density at radius 2 is 1.04 bits per heavy atom. The minimum absolute atomic E-state index is 0.143. The van der Waals surface area contributed by atoms with Crippen molar-refractivity contribution in [3.8, 4) is 0 Å². The molecule has 0 fully saturated rings. The van der Waals surface area contributed by atoms with Crippen LogP contribution in [-0.4, -0.2) is 32.3 Å². The number of carbonyl (C=O) groups excluding carboxylic acids is 1. The minimum atomic E-state index is -5.27. The second-order valence-corrected chi connectivity index (χ2v) is 12.6. The molecule has 6 nitrogen and oxygen atoms in total. The molecule has 1 unspecified atom stereocenters. The van der Waals surface area contributed by atoms with E-state index < -0.39 is 109 Å². The number of hydrogen-bond donors (Lipinski definition) is 1. The molecule has 3 aromatic carbocycles. The SMILES string of the molecule is NS(=O)(=O)c1ccc(N2N=C(C(F)(F)F)CC2c2cc(C(F)(F)F)cc(C(F)(F)F)c2)cc1.O=C(/C=C/c1cc(C(F)(F)F)cc(C(F)(F)F)c1)C(F)(F)F. The average molecular weight is 842 g/mol. The third kappa shape index (κ3) is 11.8. The van der Waals surface area contributed by atoms with Crippen LogP contribution in [-0.2, 0) is 39.5 Å². The van der Waals surface area contributed by atoms with Gasteiger partial charge in [0.2, 0.25) is 10.0 Å². The first-order valence-electron chi connectivity index (χ1n) is 14.0. The van der Waals surface area contributed by atoms with Crippen molar-refractivity contribution >= 4 is 33.3 Å². The van der Waals surface area contributed by atoms with E-state index in [9.17, 15) is 92.2 Å².